The third kappa shape index (κ3) is 2.50. The Hall–Kier alpha value is -2.89. The predicted octanol–water partition coefficient (Wildman–Crippen LogP) is 1.65. The van der Waals surface area contributed by atoms with Crippen LogP contribution in [0.25, 0.3) is 11.0 Å². The van der Waals surface area contributed by atoms with Crippen LogP contribution in [0.5, 0.6) is 0 Å². The maximum atomic E-state index is 12.7. The van der Waals surface area contributed by atoms with E-state index < -0.39 is 0 Å². The molecule has 0 aliphatic carbocycles. The second-order valence-corrected chi connectivity index (χ2v) is 6.08. The molecule has 0 atom stereocenters. The fourth-order valence-electron chi connectivity index (χ4n) is 3.15. The number of fused-ring (bicyclic) bond motifs is 2. The van der Waals surface area contributed by atoms with Crippen LogP contribution < -0.4 is 5.56 Å². The van der Waals surface area contributed by atoms with E-state index in [4.69, 9.17) is 4.42 Å². The van der Waals surface area contributed by atoms with Crippen LogP contribution in [0, 0.1) is 0 Å². The van der Waals surface area contributed by atoms with Gasteiger partial charge in [-0.2, -0.15) is 5.10 Å². The lowest BCUT2D eigenvalue weighted by Crippen LogP contribution is -2.39. The van der Waals surface area contributed by atoms with Crippen LogP contribution in [0.1, 0.15) is 16.8 Å². The highest BCUT2D eigenvalue weighted by Gasteiger charge is 2.23. The fourth-order valence-corrected chi connectivity index (χ4v) is 3.15. The predicted molar refractivity (Wildman–Crippen MR) is 88.5 cm³/mol. The molecule has 1 aliphatic rings. The largest absolute Gasteiger partial charge is 0.464 e. The summed E-state index contributed by atoms with van der Waals surface area (Å²) in [4.78, 5) is 26.2. The van der Waals surface area contributed by atoms with Gasteiger partial charge >= 0.3 is 0 Å². The minimum absolute atomic E-state index is 0.0351. The molecule has 3 aromatic rings. The molecule has 24 heavy (non-hydrogen) atoms. The van der Waals surface area contributed by atoms with Gasteiger partial charge in [0.25, 0.3) is 5.56 Å². The van der Waals surface area contributed by atoms with E-state index in [9.17, 15) is 9.59 Å². The first kappa shape index (κ1) is 14.7. The van der Waals surface area contributed by atoms with Crippen LogP contribution in [0.2, 0.25) is 0 Å². The number of rotatable bonds is 2. The summed E-state index contributed by atoms with van der Waals surface area (Å²) in [7, 11) is 1.64. The van der Waals surface area contributed by atoms with Crippen molar-refractivity contribution in [2.24, 2.45) is 7.05 Å². The molecule has 2 aromatic heterocycles. The highest BCUT2D eigenvalue weighted by atomic mass is 16.3. The van der Waals surface area contributed by atoms with Crippen molar-refractivity contribution in [2.45, 2.75) is 19.4 Å². The third-order valence-corrected chi connectivity index (χ3v) is 4.49. The molecule has 122 valence electrons. The van der Waals surface area contributed by atoms with Crippen LogP contribution >= 0.6 is 0 Å². The number of para-hydroxylation sites is 1. The molecule has 6 nitrogen and oxygen atoms in total. The van der Waals surface area contributed by atoms with Gasteiger partial charge in [-0.3, -0.25) is 9.59 Å². The third-order valence-electron chi connectivity index (χ3n) is 4.49. The summed E-state index contributed by atoms with van der Waals surface area (Å²) < 4.78 is 6.84. The molecule has 0 unspecified atom stereocenters. The first-order valence-corrected chi connectivity index (χ1v) is 7.91. The van der Waals surface area contributed by atoms with Crippen LogP contribution in [0.15, 0.2) is 45.8 Å². The van der Waals surface area contributed by atoms with Crippen LogP contribution in [0.3, 0.4) is 0 Å². The van der Waals surface area contributed by atoms with Gasteiger partial charge in [0.05, 0.1) is 18.4 Å². The Bertz CT molecular complexity index is 987. The molecule has 6 heteroatoms. The van der Waals surface area contributed by atoms with Gasteiger partial charge in [-0.15, -0.1) is 0 Å². The van der Waals surface area contributed by atoms with Gasteiger partial charge in [-0.05, 0) is 6.07 Å². The molecule has 0 radical (unpaired) electrons. The Morgan fingerprint density at radius 2 is 2.17 bits per heavy atom. The summed E-state index contributed by atoms with van der Waals surface area (Å²) in [5, 5.41) is 5.25. The van der Waals surface area contributed by atoms with Gasteiger partial charge in [0.1, 0.15) is 5.58 Å². The molecule has 0 spiro atoms. The minimum atomic E-state index is -0.149. The van der Waals surface area contributed by atoms with E-state index in [1.165, 1.54) is 4.68 Å². The zero-order valence-corrected chi connectivity index (χ0v) is 13.4. The van der Waals surface area contributed by atoms with Gasteiger partial charge in [0.2, 0.25) is 5.91 Å². The number of hydrogen-bond donors (Lipinski definition) is 0. The minimum Gasteiger partial charge on any atom is -0.464 e. The fraction of sp³-hybridized carbons (Fsp3) is 0.278. The van der Waals surface area contributed by atoms with E-state index in [2.05, 4.69) is 5.10 Å². The lowest BCUT2D eigenvalue weighted by Gasteiger charge is -2.28. The van der Waals surface area contributed by atoms with Crippen LogP contribution in [0.4, 0.5) is 0 Å². The van der Waals surface area contributed by atoms with E-state index >= 15 is 0 Å². The smallest absolute Gasteiger partial charge is 0.266 e. The summed E-state index contributed by atoms with van der Waals surface area (Å²) in [5.74, 6) is 0.0351. The van der Waals surface area contributed by atoms with E-state index in [1.54, 1.807) is 24.3 Å². The number of amides is 1. The number of hydrogen-bond acceptors (Lipinski definition) is 4. The van der Waals surface area contributed by atoms with Gasteiger partial charge in [0, 0.05) is 49.1 Å². The van der Waals surface area contributed by atoms with Crippen molar-refractivity contribution >= 4 is 16.9 Å². The maximum absolute atomic E-state index is 12.7. The Balaban J connectivity index is 1.55. The Kier molecular flexibility index (Phi) is 3.45. The number of furan rings is 1. The van der Waals surface area contributed by atoms with Gasteiger partial charge in [-0.25, -0.2) is 4.68 Å². The standard InChI is InChI=1S/C18H17N3O3/c1-20-17(22)8-12-10-21(7-6-15(12)19-20)18(23)9-13-11-24-16-5-3-2-4-14(13)16/h2-5,8,11H,6-7,9-10H2,1H3. The first-order chi connectivity index (χ1) is 11.6. The molecular weight excluding hydrogens is 306 g/mol. The summed E-state index contributed by atoms with van der Waals surface area (Å²) >= 11 is 0. The zero-order chi connectivity index (χ0) is 16.7. The molecule has 1 amide bonds. The molecule has 0 saturated heterocycles. The van der Waals surface area contributed by atoms with Gasteiger partial charge in [0.15, 0.2) is 0 Å². The molecule has 0 saturated carbocycles. The van der Waals surface area contributed by atoms with Crippen molar-refractivity contribution in [3.05, 3.63) is 63.8 Å². The van der Waals surface area contributed by atoms with Crippen LogP contribution in [-0.2, 0) is 31.2 Å². The highest BCUT2D eigenvalue weighted by Crippen LogP contribution is 2.23. The Morgan fingerprint density at radius 3 is 3.04 bits per heavy atom. The molecule has 0 fully saturated rings. The zero-order valence-electron chi connectivity index (χ0n) is 13.4. The summed E-state index contributed by atoms with van der Waals surface area (Å²) in [6.45, 7) is 1.06. The van der Waals surface area contributed by atoms with Crippen molar-refractivity contribution in [3.8, 4) is 0 Å². The first-order valence-electron chi connectivity index (χ1n) is 7.91. The van der Waals surface area contributed by atoms with E-state index in [-0.39, 0.29) is 11.5 Å². The number of carbonyl (C=O) groups is 1. The normalized spacial score (nSPS) is 14.0. The molecule has 0 bridgehead atoms. The van der Waals surface area contributed by atoms with Gasteiger partial charge < -0.3 is 9.32 Å². The number of carbonyl (C=O) groups excluding carboxylic acids is 1. The summed E-state index contributed by atoms with van der Waals surface area (Å²) in [5.41, 5.74) is 3.27. The van der Waals surface area contributed by atoms with Crippen molar-refractivity contribution in [1.29, 1.82) is 0 Å². The second kappa shape index (κ2) is 5.63. The number of aryl methyl sites for hydroxylation is 1. The molecule has 1 aromatic carbocycles. The highest BCUT2D eigenvalue weighted by molar-refractivity contribution is 5.87. The van der Waals surface area contributed by atoms with Crippen molar-refractivity contribution < 1.29 is 9.21 Å². The van der Waals surface area contributed by atoms with Crippen molar-refractivity contribution in [3.63, 3.8) is 0 Å². The molecule has 1 aliphatic heterocycles. The quantitative estimate of drug-likeness (QED) is 0.719. The molecule has 0 N–H and O–H groups in total. The number of benzene rings is 1. The van der Waals surface area contributed by atoms with Crippen LogP contribution in [-0.4, -0.2) is 27.1 Å². The second-order valence-electron chi connectivity index (χ2n) is 6.08. The van der Waals surface area contributed by atoms with Crippen molar-refractivity contribution in [2.75, 3.05) is 6.54 Å². The van der Waals surface area contributed by atoms with E-state index in [0.717, 1.165) is 27.8 Å². The Labute approximate surface area is 138 Å². The maximum Gasteiger partial charge on any atom is 0.266 e. The SMILES string of the molecule is Cn1nc2c(cc1=O)CN(C(=O)Cc1coc3ccccc13)CC2. The van der Waals surface area contributed by atoms with Crippen molar-refractivity contribution in [1.82, 2.24) is 14.7 Å². The van der Waals surface area contributed by atoms with E-state index in [1.807, 2.05) is 24.3 Å². The average Bonchev–Trinajstić information content (AvgIpc) is 2.99. The van der Waals surface area contributed by atoms with E-state index in [0.29, 0.717) is 25.9 Å². The average molecular weight is 323 g/mol. The summed E-state index contributed by atoms with van der Waals surface area (Å²) in [6, 6.07) is 9.27. The Morgan fingerprint density at radius 1 is 1.33 bits per heavy atom. The topological polar surface area (TPSA) is 68.3 Å². The molecular formula is C18H17N3O3. The molecule has 3 heterocycles. The lowest BCUT2D eigenvalue weighted by molar-refractivity contribution is -0.131. The summed E-state index contributed by atoms with van der Waals surface area (Å²) in [6.07, 6.45) is 2.61. The monoisotopic (exact) mass is 323 g/mol. The number of aromatic nitrogens is 2. The van der Waals surface area contributed by atoms with Gasteiger partial charge in [-0.1, -0.05) is 18.2 Å². The lowest BCUT2D eigenvalue weighted by atomic mass is 10.0. The molecule has 4 rings (SSSR count). The number of nitrogens with zero attached hydrogens (tertiary/aromatic N) is 3.